The van der Waals surface area contributed by atoms with E-state index in [0.717, 1.165) is 34.4 Å². The van der Waals surface area contributed by atoms with E-state index in [4.69, 9.17) is 56.8 Å². The molecule has 3 aromatic rings. The Morgan fingerprint density at radius 3 is 0.685 bits per heavy atom. The standard InChI is InChI=1S/C42H62O12/c1-31(2)25-33-35-27-39-41(53-23-19-49-15-11-45-7-5-43-9-13-47-17-21-51-39)29-37(35)34(26-32(3)4)38-30-42-40(28-36(33)38)52-22-18-48-14-10-44-6-8-46-12-16-50-20-24-54-42/h27-32H,5-26H2,1-4H3. The van der Waals surface area contributed by atoms with Gasteiger partial charge in [0.1, 0.15) is 26.4 Å². The number of hydrogen-bond donors (Lipinski definition) is 0. The Balaban J connectivity index is 1.56. The molecular weight excluding hydrogens is 696 g/mol. The maximum Gasteiger partial charge on any atom is 0.161 e. The second-order valence-corrected chi connectivity index (χ2v) is 14.1. The van der Waals surface area contributed by atoms with Crippen LogP contribution in [0.4, 0.5) is 0 Å². The Bertz CT molecular complexity index is 1310. The summed E-state index contributed by atoms with van der Waals surface area (Å²) in [6.07, 6.45) is 1.71. The minimum Gasteiger partial charge on any atom is -0.487 e. The Hall–Kier alpha value is -2.94. The molecule has 0 saturated heterocycles. The summed E-state index contributed by atoms with van der Waals surface area (Å²) in [5, 5.41) is 4.55. The third-order valence-corrected chi connectivity index (χ3v) is 8.87. The van der Waals surface area contributed by atoms with E-state index in [1.165, 1.54) is 11.1 Å². The topological polar surface area (TPSA) is 111 Å². The second-order valence-electron chi connectivity index (χ2n) is 14.1. The van der Waals surface area contributed by atoms with Gasteiger partial charge < -0.3 is 56.8 Å². The summed E-state index contributed by atoms with van der Waals surface area (Å²) < 4.78 is 71.3. The van der Waals surface area contributed by atoms with Gasteiger partial charge in [-0.15, -0.1) is 0 Å². The summed E-state index contributed by atoms with van der Waals surface area (Å²) in [7, 11) is 0. The lowest BCUT2D eigenvalue weighted by molar-refractivity contribution is -0.00840. The zero-order valence-corrected chi connectivity index (χ0v) is 32.9. The molecule has 2 heterocycles. The summed E-state index contributed by atoms with van der Waals surface area (Å²) >= 11 is 0. The molecule has 2 aliphatic rings. The Kier molecular flexibility index (Phi) is 18.7. The van der Waals surface area contributed by atoms with Crippen molar-refractivity contribution in [1.82, 2.24) is 0 Å². The minimum atomic E-state index is 0.372. The van der Waals surface area contributed by atoms with Crippen molar-refractivity contribution < 1.29 is 56.8 Å². The van der Waals surface area contributed by atoms with E-state index in [9.17, 15) is 0 Å². The molecule has 0 bridgehead atoms. The van der Waals surface area contributed by atoms with Crippen molar-refractivity contribution in [3.63, 3.8) is 0 Å². The predicted molar refractivity (Wildman–Crippen MR) is 207 cm³/mol. The van der Waals surface area contributed by atoms with E-state index >= 15 is 0 Å². The highest BCUT2D eigenvalue weighted by molar-refractivity contribution is 6.08. The van der Waals surface area contributed by atoms with Crippen LogP contribution in [0.3, 0.4) is 0 Å². The summed E-state index contributed by atoms with van der Waals surface area (Å²) in [5.41, 5.74) is 2.46. The highest BCUT2D eigenvalue weighted by Crippen LogP contribution is 2.44. The third-order valence-electron chi connectivity index (χ3n) is 8.87. The molecular formula is C42H62O12. The Morgan fingerprint density at radius 1 is 0.315 bits per heavy atom. The first-order chi connectivity index (χ1) is 26.5. The molecule has 0 saturated carbocycles. The summed E-state index contributed by atoms with van der Waals surface area (Å²) in [6, 6.07) is 8.61. The summed E-state index contributed by atoms with van der Waals surface area (Å²) in [5.74, 6) is 3.48. The fraction of sp³-hybridized carbons (Fsp3) is 0.667. The third kappa shape index (κ3) is 13.7. The van der Waals surface area contributed by atoms with E-state index in [-0.39, 0.29) is 0 Å². The zero-order valence-electron chi connectivity index (χ0n) is 32.9. The largest absolute Gasteiger partial charge is 0.487 e. The predicted octanol–water partition coefficient (Wildman–Crippen LogP) is 6.07. The van der Waals surface area contributed by atoms with E-state index in [1.807, 2.05) is 0 Å². The number of rotatable bonds is 4. The van der Waals surface area contributed by atoms with E-state index in [0.29, 0.717) is 167 Å². The SMILES string of the molecule is CC(C)Cc1c2cc3c(cc2c(CC(C)C)c2cc4c(cc12)OCCOCCOCCOCCOCCO4)OCCOCCOCCOCCOCCO3. The molecule has 2 aliphatic heterocycles. The fourth-order valence-corrected chi connectivity index (χ4v) is 6.48. The lowest BCUT2D eigenvalue weighted by Gasteiger charge is -2.23. The average molecular weight is 759 g/mol. The number of hydrogen-bond acceptors (Lipinski definition) is 12. The van der Waals surface area contributed by atoms with Crippen molar-refractivity contribution in [2.24, 2.45) is 11.8 Å². The van der Waals surface area contributed by atoms with Crippen molar-refractivity contribution in [3.8, 4) is 23.0 Å². The van der Waals surface area contributed by atoms with Crippen LogP contribution in [0.15, 0.2) is 24.3 Å². The van der Waals surface area contributed by atoms with Crippen molar-refractivity contribution in [2.45, 2.75) is 40.5 Å². The van der Waals surface area contributed by atoms with Gasteiger partial charge in [-0.05, 0) is 81.6 Å². The number of fused-ring (bicyclic) bond motifs is 4. The van der Waals surface area contributed by atoms with Crippen LogP contribution < -0.4 is 18.9 Å². The first-order valence-electron chi connectivity index (χ1n) is 19.7. The quantitative estimate of drug-likeness (QED) is 0.289. The average Bonchev–Trinajstić information content (AvgIpc) is 3.15. The van der Waals surface area contributed by atoms with Gasteiger partial charge in [-0.3, -0.25) is 0 Å². The maximum absolute atomic E-state index is 6.41. The van der Waals surface area contributed by atoms with Gasteiger partial charge in [0, 0.05) is 0 Å². The molecule has 0 unspecified atom stereocenters. The first kappa shape index (κ1) is 42.2. The fourth-order valence-electron chi connectivity index (χ4n) is 6.48. The van der Waals surface area contributed by atoms with Crippen LogP contribution in [-0.4, -0.2) is 132 Å². The van der Waals surface area contributed by atoms with Crippen molar-refractivity contribution >= 4 is 21.5 Å². The molecule has 0 atom stereocenters. The molecule has 0 fully saturated rings. The van der Waals surface area contributed by atoms with Crippen LogP contribution in [0.2, 0.25) is 0 Å². The van der Waals surface area contributed by atoms with Gasteiger partial charge in [-0.1, -0.05) is 27.7 Å². The summed E-state index contributed by atoms with van der Waals surface area (Å²) in [4.78, 5) is 0. The van der Waals surface area contributed by atoms with Crippen LogP contribution >= 0.6 is 0 Å². The molecule has 12 heteroatoms. The Morgan fingerprint density at radius 2 is 0.500 bits per heavy atom. The van der Waals surface area contributed by atoms with Gasteiger partial charge in [0.2, 0.25) is 0 Å². The van der Waals surface area contributed by atoms with Crippen LogP contribution in [0.1, 0.15) is 38.8 Å². The maximum atomic E-state index is 6.41. The monoisotopic (exact) mass is 758 g/mol. The van der Waals surface area contributed by atoms with Crippen molar-refractivity contribution in [3.05, 3.63) is 35.4 Å². The highest BCUT2D eigenvalue weighted by Gasteiger charge is 2.22. The molecule has 3 aromatic carbocycles. The lowest BCUT2D eigenvalue weighted by Crippen LogP contribution is -2.16. The van der Waals surface area contributed by atoms with E-state index in [2.05, 4.69) is 52.0 Å². The normalized spacial score (nSPS) is 19.2. The van der Waals surface area contributed by atoms with Gasteiger partial charge in [0.15, 0.2) is 23.0 Å². The molecule has 0 radical (unpaired) electrons. The molecule has 0 aliphatic carbocycles. The molecule has 0 aromatic heterocycles. The van der Waals surface area contributed by atoms with Crippen LogP contribution in [0.5, 0.6) is 23.0 Å². The molecule has 302 valence electrons. The van der Waals surface area contributed by atoms with Gasteiger partial charge in [-0.25, -0.2) is 0 Å². The minimum absolute atomic E-state index is 0.372. The van der Waals surface area contributed by atoms with E-state index < -0.39 is 0 Å². The van der Waals surface area contributed by atoms with Crippen LogP contribution in [0, 0.1) is 11.8 Å². The van der Waals surface area contributed by atoms with Crippen LogP contribution in [-0.2, 0) is 50.7 Å². The zero-order chi connectivity index (χ0) is 37.8. The van der Waals surface area contributed by atoms with E-state index in [1.54, 1.807) is 0 Å². The number of benzene rings is 3. The first-order valence-corrected chi connectivity index (χ1v) is 19.7. The summed E-state index contributed by atoms with van der Waals surface area (Å²) in [6.45, 7) is 18.2. The van der Waals surface area contributed by atoms with Gasteiger partial charge >= 0.3 is 0 Å². The smallest absolute Gasteiger partial charge is 0.161 e. The molecule has 0 spiro atoms. The molecule has 12 nitrogen and oxygen atoms in total. The number of ether oxygens (including phenoxy) is 12. The molecule has 5 rings (SSSR count). The van der Waals surface area contributed by atoms with Gasteiger partial charge in [0.05, 0.1) is 106 Å². The van der Waals surface area contributed by atoms with Crippen molar-refractivity contribution in [2.75, 3.05) is 132 Å². The molecule has 0 amide bonds. The molecule has 54 heavy (non-hydrogen) atoms. The Labute approximate surface area is 320 Å². The lowest BCUT2D eigenvalue weighted by atomic mass is 9.85. The van der Waals surface area contributed by atoms with Gasteiger partial charge in [-0.2, -0.15) is 0 Å². The highest BCUT2D eigenvalue weighted by atomic mass is 16.6. The second kappa shape index (κ2) is 23.9. The van der Waals surface area contributed by atoms with Gasteiger partial charge in [0.25, 0.3) is 0 Å². The van der Waals surface area contributed by atoms with Crippen molar-refractivity contribution in [1.29, 1.82) is 0 Å². The van der Waals surface area contributed by atoms with Crippen LogP contribution in [0.25, 0.3) is 21.5 Å². The molecule has 0 N–H and O–H groups in total.